The number of nitrogens with zero attached hydrogens (tertiary/aromatic N) is 1. The lowest BCUT2D eigenvalue weighted by Crippen LogP contribution is -2.30. The lowest BCUT2D eigenvalue weighted by molar-refractivity contribution is 0.249. The average molecular weight is 342 g/mol. The highest BCUT2D eigenvalue weighted by atomic mass is 79.9. The van der Waals surface area contributed by atoms with E-state index in [0.29, 0.717) is 10.5 Å². The second kappa shape index (κ2) is 6.64. The molecular formula is C15H17BrFNS. The Hall–Kier alpha value is -0.710. The molecular weight excluding hydrogens is 325 g/mol. The van der Waals surface area contributed by atoms with E-state index >= 15 is 0 Å². The number of hydrogen-bond donors (Lipinski definition) is 0. The highest BCUT2D eigenvalue weighted by molar-refractivity contribution is 9.10. The van der Waals surface area contributed by atoms with E-state index in [-0.39, 0.29) is 5.82 Å². The van der Waals surface area contributed by atoms with Crippen LogP contribution in [0, 0.1) is 5.82 Å². The van der Waals surface area contributed by atoms with Crippen LogP contribution in [0.2, 0.25) is 0 Å². The Labute approximate surface area is 126 Å². The molecule has 2 rings (SSSR count). The highest BCUT2D eigenvalue weighted by Crippen LogP contribution is 2.19. The molecule has 0 radical (unpaired) electrons. The molecule has 0 aliphatic carbocycles. The molecule has 4 heteroatoms. The number of hydrogen-bond acceptors (Lipinski definition) is 2. The van der Waals surface area contributed by atoms with Crippen molar-refractivity contribution in [3.8, 4) is 0 Å². The predicted octanol–water partition coefficient (Wildman–Crippen LogP) is 4.71. The Morgan fingerprint density at radius 3 is 2.79 bits per heavy atom. The van der Waals surface area contributed by atoms with Gasteiger partial charge in [0.25, 0.3) is 0 Å². The minimum atomic E-state index is -0.210. The smallest absolute Gasteiger partial charge is 0.137 e. The Morgan fingerprint density at radius 2 is 2.16 bits per heavy atom. The van der Waals surface area contributed by atoms with Crippen LogP contribution in [0.15, 0.2) is 40.2 Å². The molecule has 0 aliphatic rings. The molecule has 0 saturated carbocycles. The first-order valence-corrected chi connectivity index (χ1v) is 7.90. The molecule has 2 aromatic rings. The third kappa shape index (κ3) is 4.13. The van der Waals surface area contributed by atoms with E-state index in [1.54, 1.807) is 11.3 Å². The Morgan fingerprint density at radius 1 is 1.37 bits per heavy atom. The first kappa shape index (κ1) is 14.7. The van der Waals surface area contributed by atoms with Crippen molar-refractivity contribution in [1.82, 2.24) is 4.90 Å². The summed E-state index contributed by atoms with van der Waals surface area (Å²) < 4.78 is 13.7. The second-order valence-electron chi connectivity index (χ2n) is 4.80. The molecule has 0 spiro atoms. The van der Waals surface area contributed by atoms with Crippen LogP contribution >= 0.6 is 27.3 Å². The molecule has 0 bridgehead atoms. The molecule has 0 aliphatic heterocycles. The van der Waals surface area contributed by atoms with Crippen LogP contribution in [0.1, 0.15) is 17.4 Å². The molecule has 1 atom stereocenters. The Kier molecular flexibility index (Phi) is 5.13. The van der Waals surface area contributed by atoms with Gasteiger partial charge < -0.3 is 0 Å². The Balaban J connectivity index is 1.96. The fraction of sp³-hybridized carbons (Fsp3) is 0.333. The molecule has 0 amide bonds. The minimum absolute atomic E-state index is 0.210. The first-order valence-electron chi connectivity index (χ1n) is 6.23. The molecule has 102 valence electrons. The monoisotopic (exact) mass is 341 g/mol. The topological polar surface area (TPSA) is 3.24 Å². The summed E-state index contributed by atoms with van der Waals surface area (Å²) >= 11 is 5.03. The summed E-state index contributed by atoms with van der Waals surface area (Å²) in [5.74, 6) is -0.210. The predicted molar refractivity (Wildman–Crippen MR) is 83.1 cm³/mol. The maximum Gasteiger partial charge on any atom is 0.137 e. The average Bonchev–Trinajstić information content (AvgIpc) is 2.86. The number of thiophene rings is 1. The standard InChI is InChI=1S/C15H17BrFNS/c1-11(8-13-4-3-7-19-13)18(2)10-12-5-6-15(17)14(16)9-12/h3-7,9,11H,8,10H2,1-2H3. The lowest BCUT2D eigenvalue weighted by Gasteiger charge is -2.24. The van der Waals surface area contributed by atoms with Gasteiger partial charge in [0, 0.05) is 17.5 Å². The van der Waals surface area contributed by atoms with Gasteiger partial charge in [0.1, 0.15) is 5.82 Å². The van der Waals surface area contributed by atoms with Gasteiger partial charge in [0.05, 0.1) is 4.47 Å². The van der Waals surface area contributed by atoms with Crippen molar-refractivity contribution in [2.75, 3.05) is 7.05 Å². The molecule has 1 unspecified atom stereocenters. The maximum absolute atomic E-state index is 13.2. The summed E-state index contributed by atoms with van der Waals surface area (Å²) in [6.07, 6.45) is 1.05. The van der Waals surface area contributed by atoms with Crippen LogP contribution in [0.3, 0.4) is 0 Å². The molecule has 1 heterocycles. The zero-order valence-corrected chi connectivity index (χ0v) is 13.5. The van der Waals surface area contributed by atoms with Crippen LogP contribution in [-0.4, -0.2) is 18.0 Å². The molecule has 1 aromatic carbocycles. The fourth-order valence-electron chi connectivity index (χ4n) is 1.96. The van der Waals surface area contributed by atoms with E-state index in [2.05, 4.69) is 52.3 Å². The minimum Gasteiger partial charge on any atom is -0.299 e. The number of halogens is 2. The zero-order valence-electron chi connectivity index (χ0n) is 11.1. The summed E-state index contributed by atoms with van der Waals surface area (Å²) in [5, 5.41) is 2.11. The van der Waals surface area contributed by atoms with Crippen molar-refractivity contribution in [3.05, 3.63) is 56.4 Å². The van der Waals surface area contributed by atoms with Crippen molar-refractivity contribution in [2.24, 2.45) is 0 Å². The number of benzene rings is 1. The first-order chi connectivity index (χ1) is 9.06. The molecule has 0 fully saturated rings. The molecule has 1 nitrogen and oxygen atoms in total. The molecule has 1 aromatic heterocycles. The van der Waals surface area contributed by atoms with Gasteiger partial charge in [-0.05, 0) is 65.5 Å². The van der Waals surface area contributed by atoms with Crippen molar-refractivity contribution in [2.45, 2.75) is 25.9 Å². The Bertz CT molecular complexity index is 527. The van der Waals surface area contributed by atoms with Crippen molar-refractivity contribution in [3.63, 3.8) is 0 Å². The summed E-state index contributed by atoms with van der Waals surface area (Å²) in [4.78, 5) is 3.69. The van der Waals surface area contributed by atoms with E-state index in [1.807, 2.05) is 12.1 Å². The number of likely N-dealkylation sites (N-methyl/N-ethyl adjacent to an activating group) is 1. The van der Waals surface area contributed by atoms with Crippen LogP contribution in [0.5, 0.6) is 0 Å². The van der Waals surface area contributed by atoms with Crippen LogP contribution in [-0.2, 0) is 13.0 Å². The summed E-state index contributed by atoms with van der Waals surface area (Å²) in [5.41, 5.74) is 1.12. The SMILES string of the molecule is CC(Cc1cccs1)N(C)Cc1ccc(F)c(Br)c1. The maximum atomic E-state index is 13.2. The van der Waals surface area contributed by atoms with Gasteiger partial charge in [-0.1, -0.05) is 12.1 Å². The van der Waals surface area contributed by atoms with Crippen LogP contribution < -0.4 is 0 Å². The summed E-state index contributed by atoms with van der Waals surface area (Å²) in [6.45, 7) is 3.05. The molecule has 0 saturated heterocycles. The van der Waals surface area contributed by atoms with E-state index in [1.165, 1.54) is 10.9 Å². The zero-order chi connectivity index (χ0) is 13.8. The van der Waals surface area contributed by atoms with Crippen LogP contribution in [0.25, 0.3) is 0 Å². The van der Waals surface area contributed by atoms with Crippen molar-refractivity contribution in [1.29, 1.82) is 0 Å². The third-order valence-corrected chi connectivity index (χ3v) is 4.75. The second-order valence-corrected chi connectivity index (χ2v) is 6.68. The molecule has 19 heavy (non-hydrogen) atoms. The van der Waals surface area contributed by atoms with Gasteiger partial charge >= 0.3 is 0 Å². The van der Waals surface area contributed by atoms with Crippen molar-refractivity contribution >= 4 is 27.3 Å². The van der Waals surface area contributed by atoms with Gasteiger partial charge in [-0.2, -0.15) is 0 Å². The van der Waals surface area contributed by atoms with E-state index in [9.17, 15) is 4.39 Å². The third-order valence-electron chi connectivity index (χ3n) is 3.25. The van der Waals surface area contributed by atoms with E-state index in [4.69, 9.17) is 0 Å². The van der Waals surface area contributed by atoms with E-state index < -0.39 is 0 Å². The van der Waals surface area contributed by atoms with Crippen molar-refractivity contribution < 1.29 is 4.39 Å². The fourth-order valence-corrected chi connectivity index (χ4v) is 3.21. The van der Waals surface area contributed by atoms with Gasteiger partial charge in [-0.3, -0.25) is 4.90 Å². The van der Waals surface area contributed by atoms with Gasteiger partial charge in [-0.15, -0.1) is 11.3 Å². The molecule has 0 N–H and O–H groups in total. The summed E-state index contributed by atoms with van der Waals surface area (Å²) in [7, 11) is 2.11. The lowest BCUT2D eigenvalue weighted by atomic mass is 10.1. The number of rotatable bonds is 5. The van der Waals surface area contributed by atoms with Crippen LogP contribution in [0.4, 0.5) is 4.39 Å². The summed E-state index contributed by atoms with van der Waals surface area (Å²) in [6, 6.07) is 9.92. The normalized spacial score (nSPS) is 12.9. The van der Waals surface area contributed by atoms with E-state index in [0.717, 1.165) is 18.5 Å². The van der Waals surface area contributed by atoms with Gasteiger partial charge in [0.15, 0.2) is 0 Å². The highest BCUT2D eigenvalue weighted by Gasteiger charge is 2.11. The van der Waals surface area contributed by atoms with Gasteiger partial charge in [0.2, 0.25) is 0 Å². The quantitative estimate of drug-likeness (QED) is 0.760. The largest absolute Gasteiger partial charge is 0.299 e. The van der Waals surface area contributed by atoms with Gasteiger partial charge in [-0.25, -0.2) is 4.39 Å².